The van der Waals surface area contributed by atoms with Gasteiger partial charge >= 0.3 is 0 Å². The molecule has 1 saturated carbocycles. The minimum atomic E-state index is -0.142. The highest BCUT2D eigenvalue weighted by Crippen LogP contribution is 2.36. The van der Waals surface area contributed by atoms with Crippen molar-refractivity contribution in [2.75, 3.05) is 6.54 Å². The van der Waals surface area contributed by atoms with Gasteiger partial charge in [0.25, 0.3) is 5.91 Å². The molecule has 0 aromatic carbocycles. The Morgan fingerprint density at radius 3 is 3.00 bits per heavy atom. The lowest BCUT2D eigenvalue weighted by Crippen LogP contribution is -2.26. The molecule has 1 heterocycles. The zero-order valence-corrected chi connectivity index (χ0v) is 9.29. The number of pyridine rings is 1. The van der Waals surface area contributed by atoms with Crippen molar-refractivity contribution in [1.29, 1.82) is 0 Å². The first-order chi connectivity index (χ1) is 7.16. The maximum absolute atomic E-state index is 11.6. The largest absolute Gasteiger partial charge is 0.350 e. The van der Waals surface area contributed by atoms with E-state index >= 15 is 0 Å². The molecule has 2 rings (SSSR count). The number of hydrogen-bond acceptors (Lipinski definition) is 2. The molecule has 2 unspecified atom stereocenters. The van der Waals surface area contributed by atoms with Crippen molar-refractivity contribution < 1.29 is 4.79 Å². The molecule has 4 heteroatoms. The van der Waals surface area contributed by atoms with Gasteiger partial charge in [0.1, 0.15) is 10.8 Å². The minimum absolute atomic E-state index is 0.142. The number of nitrogens with zero attached hydrogens (tertiary/aromatic N) is 1. The van der Waals surface area contributed by atoms with Crippen molar-refractivity contribution in [1.82, 2.24) is 10.3 Å². The monoisotopic (exact) mass is 224 g/mol. The van der Waals surface area contributed by atoms with Gasteiger partial charge in [0, 0.05) is 6.54 Å². The molecular weight excluding hydrogens is 212 g/mol. The molecule has 1 aromatic rings. The predicted molar refractivity (Wildman–Crippen MR) is 58.9 cm³/mol. The van der Waals surface area contributed by atoms with Crippen LogP contribution < -0.4 is 5.32 Å². The molecule has 1 fully saturated rings. The fourth-order valence-corrected chi connectivity index (χ4v) is 1.70. The summed E-state index contributed by atoms with van der Waals surface area (Å²) >= 11 is 5.70. The second kappa shape index (κ2) is 4.19. The molecule has 1 amide bonds. The molecule has 1 aromatic heterocycles. The number of carbonyl (C=O) groups is 1. The van der Waals surface area contributed by atoms with Gasteiger partial charge in [-0.2, -0.15) is 0 Å². The molecule has 1 aliphatic carbocycles. The summed E-state index contributed by atoms with van der Waals surface area (Å²) in [4.78, 5) is 15.5. The number of amides is 1. The van der Waals surface area contributed by atoms with E-state index in [9.17, 15) is 4.79 Å². The molecular formula is C11H13ClN2O. The summed E-state index contributed by atoms with van der Waals surface area (Å²) in [5, 5.41) is 3.21. The molecule has 1 N–H and O–H groups in total. The van der Waals surface area contributed by atoms with Gasteiger partial charge < -0.3 is 5.32 Å². The molecule has 0 bridgehead atoms. The van der Waals surface area contributed by atoms with Crippen LogP contribution in [0.1, 0.15) is 23.8 Å². The number of hydrogen-bond donors (Lipinski definition) is 1. The Morgan fingerprint density at radius 1 is 1.67 bits per heavy atom. The van der Waals surface area contributed by atoms with E-state index < -0.39 is 0 Å². The average molecular weight is 225 g/mol. The van der Waals surface area contributed by atoms with E-state index in [1.807, 2.05) is 0 Å². The molecule has 0 spiro atoms. The Kier molecular flexibility index (Phi) is 2.91. The van der Waals surface area contributed by atoms with Gasteiger partial charge in [-0.3, -0.25) is 4.79 Å². The highest BCUT2D eigenvalue weighted by atomic mass is 35.5. The van der Waals surface area contributed by atoms with Crippen LogP contribution in [-0.2, 0) is 0 Å². The number of nitrogens with one attached hydrogen (secondary N) is 1. The first kappa shape index (κ1) is 10.4. The van der Waals surface area contributed by atoms with E-state index in [1.165, 1.54) is 6.42 Å². The van der Waals surface area contributed by atoms with Crippen LogP contribution >= 0.6 is 11.6 Å². The lowest BCUT2D eigenvalue weighted by atomic mass is 10.3. The van der Waals surface area contributed by atoms with E-state index in [-0.39, 0.29) is 5.91 Å². The Balaban J connectivity index is 1.90. The number of halogens is 1. The summed E-state index contributed by atoms with van der Waals surface area (Å²) in [6.07, 6.45) is 1.21. The maximum atomic E-state index is 11.6. The summed E-state index contributed by atoms with van der Waals surface area (Å²) in [6, 6.07) is 5.04. The normalized spacial score (nSPS) is 23.6. The summed E-state index contributed by atoms with van der Waals surface area (Å²) in [6.45, 7) is 2.93. The SMILES string of the molecule is CC1CC1CNC(=O)c1cccc(Cl)n1. The van der Waals surface area contributed by atoms with E-state index in [0.29, 0.717) is 16.8 Å². The lowest BCUT2D eigenvalue weighted by molar-refractivity contribution is 0.0946. The smallest absolute Gasteiger partial charge is 0.269 e. The predicted octanol–water partition coefficient (Wildman–Crippen LogP) is 2.12. The molecule has 15 heavy (non-hydrogen) atoms. The average Bonchev–Trinajstić information content (AvgIpc) is 2.91. The first-order valence-electron chi connectivity index (χ1n) is 5.07. The summed E-state index contributed by atoms with van der Waals surface area (Å²) in [5.41, 5.74) is 0.385. The molecule has 0 aliphatic heterocycles. The molecule has 0 radical (unpaired) electrons. The Bertz CT molecular complexity index is 381. The second-order valence-corrected chi connectivity index (χ2v) is 4.42. The van der Waals surface area contributed by atoms with Gasteiger partial charge in [0.15, 0.2) is 0 Å². The van der Waals surface area contributed by atoms with Gasteiger partial charge in [-0.15, -0.1) is 0 Å². The van der Waals surface area contributed by atoms with Crippen LogP contribution in [0, 0.1) is 11.8 Å². The van der Waals surface area contributed by atoms with Crippen LogP contribution in [0.2, 0.25) is 5.15 Å². The highest BCUT2D eigenvalue weighted by molar-refractivity contribution is 6.29. The Morgan fingerprint density at radius 2 is 2.40 bits per heavy atom. The minimum Gasteiger partial charge on any atom is -0.350 e. The van der Waals surface area contributed by atoms with Crippen molar-refractivity contribution in [3.63, 3.8) is 0 Å². The van der Waals surface area contributed by atoms with E-state index in [1.54, 1.807) is 18.2 Å². The Labute approximate surface area is 93.8 Å². The van der Waals surface area contributed by atoms with Gasteiger partial charge in [0.05, 0.1) is 0 Å². The third-order valence-corrected chi connectivity index (χ3v) is 2.96. The van der Waals surface area contributed by atoms with Crippen LogP contribution in [0.15, 0.2) is 18.2 Å². The van der Waals surface area contributed by atoms with E-state index in [0.717, 1.165) is 12.5 Å². The fraction of sp³-hybridized carbons (Fsp3) is 0.455. The van der Waals surface area contributed by atoms with Gasteiger partial charge in [-0.1, -0.05) is 24.6 Å². The van der Waals surface area contributed by atoms with E-state index in [4.69, 9.17) is 11.6 Å². The second-order valence-electron chi connectivity index (χ2n) is 4.03. The van der Waals surface area contributed by atoms with Gasteiger partial charge in [-0.25, -0.2) is 4.98 Å². The third kappa shape index (κ3) is 2.69. The first-order valence-corrected chi connectivity index (χ1v) is 5.45. The zero-order chi connectivity index (χ0) is 10.8. The summed E-state index contributed by atoms with van der Waals surface area (Å²) in [5.74, 6) is 1.25. The number of aromatic nitrogens is 1. The summed E-state index contributed by atoms with van der Waals surface area (Å²) in [7, 11) is 0. The lowest BCUT2D eigenvalue weighted by Gasteiger charge is -2.03. The highest BCUT2D eigenvalue weighted by Gasteiger charge is 2.32. The molecule has 80 valence electrons. The van der Waals surface area contributed by atoms with Crippen molar-refractivity contribution in [2.45, 2.75) is 13.3 Å². The van der Waals surface area contributed by atoms with Gasteiger partial charge in [0.2, 0.25) is 0 Å². The van der Waals surface area contributed by atoms with Crippen LogP contribution in [0.5, 0.6) is 0 Å². The van der Waals surface area contributed by atoms with Crippen molar-refractivity contribution in [3.05, 3.63) is 29.0 Å². The quantitative estimate of drug-likeness (QED) is 0.800. The van der Waals surface area contributed by atoms with Gasteiger partial charge in [-0.05, 0) is 30.4 Å². The summed E-state index contributed by atoms with van der Waals surface area (Å²) < 4.78 is 0. The van der Waals surface area contributed by atoms with Crippen molar-refractivity contribution >= 4 is 17.5 Å². The maximum Gasteiger partial charge on any atom is 0.269 e. The van der Waals surface area contributed by atoms with Crippen LogP contribution in [0.4, 0.5) is 0 Å². The van der Waals surface area contributed by atoms with Crippen molar-refractivity contribution in [3.8, 4) is 0 Å². The molecule has 0 saturated heterocycles. The Hall–Kier alpha value is -1.09. The van der Waals surface area contributed by atoms with Crippen LogP contribution in [0.3, 0.4) is 0 Å². The van der Waals surface area contributed by atoms with Crippen molar-refractivity contribution in [2.24, 2.45) is 11.8 Å². The molecule has 3 nitrogen and oxygen atoms in total. The topological polar surface area (TPSA) is 42.0 Å². The molecule has 2 atom stereocenters. The number of rotatable bonds is 3. The standard InChI is InChI=1S/C11H13ClN2O/c1-7-5-8(7)6-13-11(15)9-3-2-4-10(12)14-9/h2-4,7-8H,5-6H2,1H3,(H,13,15). The van der Waals surface area contributed by atoms with E-state index in [2.05, 4.69) is 17.2 Å². The van der Waals surface area contributed by atoms with Crippen LogP contribution in [0.25, 0.3) is 0 Å². The third-order valence-electron chi connectivity index (χ3n) is 2.75. The number of carbonyl (C=O) groups excluding carboxylic acids is 1. The zero-order valence-electron chi connectivity index (χ0n) is 8.53. The molecule has 1 aliphatic rings. The fourth-order valence-electron chi connectivity index (χ4n) is 1.53. The van der Waals surface area contributed by atoms with Crippen LogP contribution in [-0.4, -0.2) is 17.4 Å².